The predicted molar refractivity (Wildman–Crippen MR) is 97.9 cm³/mol. The van der Waals surface area contributed by atoms with E-state index in [1.807, 2.05) is 51.1 Å². The van der Waals surface area contributed by atoms with E-state index in [-0.39, 0.29) is 18.4 Å². The fourth-order valence-corrected chi connectivity index (χ4v) is 3.43. The van der Waals surface area contributed by atoms with Crippen molar-refractivity contribution >= 4 is 11.9 Å². The van der Waals surface area contributed by atoms with Crippen molar-refractivity contribution < 1.29 is 14.7 Å². The Bertz CT molecular complexity index is 790. The highest BCUT2D eigenvalue weighted by Gasteiger charge is 2.23. The highest BCUT2D eigenvalue weighted by molar-refractivity contribution is 5.96. The fraction of sp³-hybridized carbons (Fsp3) is 0.400. The fourth-order valence-electron chi connectivity index (χ4n) is 3.43. The molecule has 1 unspecified atom stereocenters. The molecule has 0 saturated carbocycles. The van der Waals surface area contributed by atoms with E-state index in [2.05, 4.69) is 23.7 Å². The number of benzene rings is 1. The molecule has 1 aromatic carbocycles. The molecule has 0 fully saturated rings. The van der Waals surface area contributed by atoms with Crippen molar-refractivity contribution in [1.82, 2.24) is 9.88 Å². The standard InChI is InChI=1S/C20H26N2O3/c1-12(2)22-14(4)10-17(15(22)5)20(25)21-18(11-19(23)24)16-9-7-6-8-13(16)3/h6-10,12,18H,11H2,1-5H3,(H,21,25)(H,23,24). The van der Waals surface area contributed by atoms with Gasteiger partial charge in [-0.1, -0.05) is 24.3 Å². The number of amides is 1. The van der Waals surface area contributed by atoms with Gasteiger partial charge in [-0.2, -0.15) is 0 Å². The third-order valence-corrected chi connectivity index (χ3v) is 4.49. The highest BCUT2D eigenvalue weighted by atomic mass is 16.4. The van der Waals surface area contributed by atoms with Crippen LogP contribution in [0.5, 0.6) is 0 Å². The smallest absolute Gasteiger partial charge is 0.305 e. The number of rotatable bonds is 6. The van der Waals surface area contributed by atoms with Gasteiger partial charge in [0.2, 0.25) is 0 Å². The molecule has 0 bridgehead atoms. The summed E-state index contributed by atoms with van der Waals surface area (Å²) in [5.74, 6) is -1.18. The molecule has 5 nitrogen and oxygen atoms in total. The molecular weight excluding hydrogens is 316 g/mol. The van der Waals surface area contributed by atoms with Crippen molar-refractivity contribution in [2.24, 2.45) is 0 Å². The number of aliphatic carboxylic acids is 1. The SMILES string of the molecule is Cc1ccccc1C(CC(=O)O)NC(=O)c1cc(C)n(C(C)C)c1C. The average molecular weight is 342 g/mol. The second-order valence-electron chi connectivity index (χ2n) is 6.73. The van der Waals surface area contributed by atoms with Gasteiger partial charge in [0, 0.05) is 17.4 Å². The van der Waals surface area contributed by atoms with Gasteiger partial charge in [0.25, 0.3) is 5.91 Å². The minimum absolute atomic E-state index is 0.153. The maximum Gasteiger partial charge on any atom is 0.305 e. The number of hydrogen-bond acceptors (Lipinski definition) is 2. The van der Waals surface area contributed by atoms with E-state index >= 15 is 0 Å². The molecule has 0 spiro atoms. The van der Waals surface area contributed by atoms with Crippen LogP contribution < -0.4 is 5.32 Å². The quantitative estimate of drug-likeness (QED) is 0.835. The van der Waals surface area contributed by atoms with Crippen LogP contribution in [0.15, 0.2) is 30.3 Å². The van der Waals surface area contributed by atoms with Crippen molar-refractivity contribution in [2.75, 3.05) is 0 Å². The Morgan fingerprint density at radius 3 is 2.32 bits per heavy atom. The van der Waals surface area contributed by atoms with Gasteiger partial charge in [0.1, 0.15) is 0 Å². The molecule has 134 valence electrons. The number of aryl methyl sites for hydroxylation is 2. The summed E-state index contributed by atoms with van der Waals surface area (Å²) in [6.45, 7) is 9.95. The Morgan fingerprint density at radius 2 is 1.80 bits per heavy atom. The molecule has 1 atom stereocenters. The minimum Gasteiger partial charge on any atom is -0.481 e. The Morgan fingerprint density at radius 1 is 1.16 bits per heavy atom. The normalized spacial score (nSPS) is 12.2. The molecular formula is C20H26N2O3. The van der Waals surface area contributed by atoms with Crippen LogP contribution in [0.4, 0.5) is 0 Å². The predicted octanol–water partition coefficient (Wildman–Crippen LogP) is 3.94. The zero-order valence-corrected chi connectivity index (χ0v) is 15.5. The highest BCUT2D eigenvalue weighted by Crippen LogP contribution is 2.24. The topological polar surface area (TPSA) is 71.3 Å². The summed E-state index contributed by atoms with van der Waals surface area (Å²) in [5, 5.41) is 12.1. The second kappa shape index (κ2) is 7.55. The van der Waals surface area contributed by atoms with Crippen LogP contribution in [0.2, 0.25) is 0 Å². The molecule has 0 aliphatic heterocycles. The molecule has 5 heteroatoms. The Hall–Kier alpha value is -2.56. The van der Waals surface area contributed by atoms with E-state index in [4.69, 9.17) is 0 Å². The van der Waals surface area contributed by atoms with Crippen LogP contribution in [0.3, 0.4) is 0 Å². The lowest BCUT2D eigenvalue weighted by molar-refractivity contribution is -0.137. The van der Waals surface area contributed by atoms with E-state index in [1.165, 1.54) is 0 Å². The number of carboxylic acids is 1. The van der Waals surface area contributed by atoms with Crippen molar-refractivity contribution in [3.8, 4) is 0 Å². The number of carbonyl (C=O) groups excluding carboxylic acids is 1. The molecule has 2 aromatic rings. The second-order valence-corrected chi connectivity index (χ2v) is 6.73. The van der Waals surface area contributed by atoms with Crippen LogP contribution >= 0.6 is 0 Å². The molecule has 2 rings (SSSR count). The third kappa shape index (κ3) is 4.10. The summed E-state index contributed by atoms with van der Waals surface area (Å²) < 4.78 is 2.11. The average Bonchev–Trinajstić information content (AvgIpc) is 2.81. The van der Waals surface area contributed by atoms with E-state index < -0.39 is 12.0 Å². The molecule has 1 aromatic heterocycles. The van der Waals surface area contributed by atoms with Crippen molar-refractivity contribution in [1.29, 1.82) is 0 Å². The lowest BCUT2D eigenvalue weighted by Crippen LogP contribution is -2.31. The summed E-state index contributed by atoms with van der Waals surface area (Å²) >= 11 is 0. The zero-order chi connectivity index (χ0) is 18.7. The van der Waals surface area contributed by atoms with E-state index in [0.29, 0.717) is 5.56 Å². The number of aromatic nitrogens is 1. The van der Waals surface area contributed by atoms with Crippen molar-refractivity contribution in [3.05, 3.63) is 58.4 Å². The first-order valence-electron chi connectivity index (χ1n) is 8.49. The molecule has 0 aliphatic rings. The largest absolute Gasteiger partial charge is 0.481 e. The summed E-state index contributed by atoms with van der Waals surface area (Å²) in [6, 6.07) is 9.09. The van der Waals surface area contributed by atoms with Crippen LogP contribution in [-0.2, 0) is 4.79 Å². The molecule has 0 saturated heterocycles. The molecule has 2 N–H and O–H groups in total. The number of carboxylic acid groups (broad SMARTS) is 1. The molecule has 1 amide bonds. The first-order valence-corrected chi connectivity index (χ1v) is 8.49. The summed E-state index contributed by atoms with van der Waals surface area (Å²) in [6.07, 6.45) is -0.153. The third-order valence-electron chi connectivity index (χ3n) is 4.49. The van der Waals surface area contributed by atoms with Gasteiger partial charge in [0.15, 0.2) is 0 Å². The van der Waals surface area contributed by atoms with Gasteiger partial charge in [0.05, 0.1) is 18.0 Å². The van der Waals surface area contributed by atoms with Crippen molar-refractivity contribution in [3.63, 3.8) is 0 Å². The van der Waals surface area contributed by atoms with Gasteiger partial charge < -0.3 is 15.0 Å². The number of carbonyl (C=O) groups is 2. The minimum atomic E-state index is -0.943. The Kier molecular flexibility index (Phi) is 5.67. The first-order chi connectivity index (χ1) is 11.7. The monoisotopic (exact) mass is 342 g/mol. The van der Waals surface area contributed by atoms with Gasteiger partial charge in [-0.25, -0.2) is 0 Å². The van der Waals surface area contributed by atoms with Gasteiger partial charge in [-0.15, -0.1) is 0 Å². The van der Waals surface area contributed by atoms with Gasteiger partial charge in [-0.05, 0) is 51.8 Å². The summed E-state index contributed by atoms with van der Waals surface area (Å²) in [5.41, 5.74) is 4.29. The zero-order valence-electron chi connectivity index (χ0n) is 15.5. The molecule has 1 heterocycles. The maximum absolute atomic E-state index is 12.8. The van der Waals surface area contributed by atoms with Crippen LogP contribution in [0.25, 0.3) is 0 Å². The van der Waals surface area contributed by atoms with E-state index in [1.54, 1.807) is 0 Å². The van der Waals surface area contributed by atoms with E-state index in [0.717, 1.165) is 22.5 Å². The Labute approximate surface area is 148 Å². The number of nitrogens with zero attached hydrogens (tertiary/aromatic N) is 1. The molecule has 0 radical (unpaired) electrons. The van der Waals surface area contributed by atoms with Crippen LogP contribution in [0, 0.1) is 20.8 Å². The van der Waals surface area contributed by atoms with Crippen molar-refractivity contribution in [2.45, 2.75) is 53.1 Å². The van der Waals surface area contributed by atoms with Gasteiger partial charge in [-0.3, -0.25) is 9.59 Å². The van der Waals surface area contributed by atoms with Crippen LogP contribution in [-0.4, -0.2) is 21.6 Å². The first kappa shape index (κ1) is 18.8. The number of hydrogen-bond donors (Lipinski definition) is 2. The summed E-state index contributed by atoms with van der Waals surface area (Å²) in [4.78, 5) is 24.1. The molecule has 25 heavy (non-hydrogen) atoms. The lowest BCUT2D eigenvalue weighted by Gasteiger charge is -2.20. The Balaban J connectivity index is 2.34. The van der Waals surface area contributed by atoms with Gasteiger partial charge >= 0.3 is 5.97 Å². The molecule has 0 aliphatic carbocycles. The summed E-state index contributed by atoms with van der Waals surface area (Å²) in [7, 11) is 0. The lowest BCUT2D eigenvalue weighted by atomic mass is 9.98. The van der Waals surface area contributed by atoms with E-state index in [9.17, 15) is 14.7 Å². The maximum atomic E-state index is 12.8. The number of nitrogens with one attached hydrogen (secondary N) is 1. The van der Waals surface area contributed by atoms with Crippen LogP contribution in [0.1, 0.15) is 65.2 Å².